The Morgan fingerprint density at radius 2 is 1.76 bits per heavy atom. The van der Waals surface area contributed by atoms with Crippen LogP contribution in [0.5, 0.6) is 0 Å². The van der Waals surface area contributed by atoms with Gasteiger partial charge in [0, 0.05) is 41.8 Å². The monoisotopic (exact) mass is 541 g/mol. The second-order valence-corrected chi connectivity index (χ2v) is 11.7. The van der Waals surface area contributed by atoms with Gasteiger partial charge in [-0.15, -0.1) is 0 Å². The van der Waals surface area contributed by atoms with Crippen molar-refractivity contribution < 1.29 is 0 Å². The fraction of sp³-hybridized carbons (Fsp3) is 0.556. The molecule has 0 radical (unpaired) electrons. The van der Waals surface area contributed by atoms with Crippen LogP contribution in [0, 0.1) is 11.8 Å². The minimum Gasteiger partial charge on any atom is -0.367 e. The topological polar surface area (TPSA) is 45.5 Å². The highest BCUT2D eigenvalue weighted by Gasteiger charge is 2.35. The molecule has 0 spiro atoms. The summed E-state index contributed by atoms with van der Waals surface area (Å²) < 4.78 is 2.79. The van der Waals surface area contributed by atoms with Gasteiger partial charge in [0.25, 0.3) is 0 Å². The molecular weight excluding hydrogens is 510 g/mol. The van der Waals surface area contributed by atoms with E-state index in [1.807, 2.05) is 35.0 Å². The fourth-order valence-corrected chi connectivity index (χ4v) is 7.22. The average molecular weight is 543 g/mol. The molecule has 3 aromatic rings. The molecule has 3 heterocycles. The van der Waals surface area contributed by atoms with E-state index < -0.39 is 0 Å². The van der Waals surface area contributed by atoms with Crippen molar-refractivity contribution in [2.45, 2.75) is 69.9 Å². The summed E-state index contributed by atoms with van der Waals surface area (Å²) >= 11 is 10.1. The molecule has 3 aliphatic rings. The molecule has 1 aliphatic heterocycles. The molecule has 3 unspecified atom stereocenters. The first-order chi connectivity index (χ1) is 16.7. The smallest absolute Gasteiger partial charge is 0.172 e. The third kappa shape index (κ3) is 4.49. The summed E-state index contributed by atoms with van der Waals surface area (Å²) in [6, 6.07) is 11.2. The number of hydrogen-bond donors (Lipinski definition) is 1. The Morgan fingerprint density at radius 3 is 2.59 bits per heavy atom. The Morgan fingerprint density at radius 1 is 0.971 bits per heavy atom. The summed E-state index contributed by atoms with van der Waals surface area (Å²) in [5, 5.41) is 9.08. The van der Waals surface area contributed by atoms with Crippen LogP contribution in [-0.2, 0) is 0 Å². The second-order valence-electron chi connectivity index (χ2n) is 10.5. The van der Waals surface area contributed by atoms with E-state index in [1.165, 1.54) is 58.0 Å². The van der Waals surface area contributed by atoms with Gasteiger partial charge in [-0.3, -0.25) is 0 Å². The van der Waals surface area contributed by atoms with Crippen LogP contribution in [0.15, 0.2) is 41.0 Å². The van der Waals surface area contributed by atoms with Gasteiger partial charge < -0.3 is 10.2 Å². The second kappa shape index (κ2) is 9.79. The molecule has 3 atom stereocenters. The van der Waals surface area contributed by atoms with Crippen molar-refractivity contribution in [1.29, 1.82) is 0 Å². The molecule has 1 saturated heterocycles. The Bertz CT molecular complexity index is 1160. The molecular formula is C27H33BrClN5. The molecule has 5 nitrogen and oxygen atoms in total. The number of benzene rings is 1. The molecule has 0 amide bonds. The standard InChI is InChI=1S/C27H33BrClN5/c28-23-17-30-34-26(16-25(32-27(23)34)22-7-3-4-8-24(22)29)31-20-11-13-33(14-12-20)21-10-9-18-5-1-2-6-19(18)15-21/h3-4,7-8,16-21,31H,1-2,5-6,9-15H2. The van der Waals surface area contributed by atoms with Gasteiger partial charge >= 0.3 is 0 Å². The van der Waals surface area contributed by atoms with Gasteiger partial charge in [-0.1, -0.05) is 55.5 Å². The zero-order valence-electron chi connectivity index (χ0n) is 19.6. The van der Waals surface area contributed by atoms with Crippen LogP contribution in [0.2, 0.25) is 5.02 Å². The van der Waals surface area contributed by atoms with E-state index in [0.717, 1.165) is 57.9 Å². The summed E-state index contributed by atoms with van der Waals surface area (Å²) in [5.41, 5.74) is 2.61. The number of rotatable bonds is 4. The largest absolute Gasteiger partial charge is 0.367 e. The van der Waals surface area contributed by atoms with Gasteiger partial charge in [-0.05, 0) is 65.9 Å². The Hall–Kier alpha value is -1.63. The minimum absolute atomic E-state index is 0.440. The first kappa shape index (κ1) is 22.8. The van der Waals surface area contributed by atoms with E-state index in [-0.39, 0.29) is 0 Å². The lowest BCUT2D eigenvalue weighted by molar-refractivity contribution is 0.0607. The molecule has 2 aliphatic carbocycles. The van der Waals surface area contributed by atoms with Crippen LogP contribution in [0.25, 0.3) is 16.9 Å². The third-order valence-corrected chi connectivity index (χ3v) is 9.38. The third-order valence-electron chi connectivity index (χ3n) is 8.49. The Balaban J connectivity index is 1.16. The molecule has 3 fully saturated rings. The predicted molar refractivity (Wildman–Crippen MR) is 142 cm³/mol. The van der Waals surface area contributed by atoms with Gasteiger partial charge in [0.1, 0.15) is 5.82 Å². The van der Waals surface area contributed by atoms with Gasteiger partial charge in [0.15, 0.2) is 5.65 Å². The van der Waals surface area contributed by atoms with Gasteiger partial charge in [0.2, 0.25) is 0 Å². The van der Waals surface area contributed by atoms with Crippen molar-refractivity contribution in [2.75, 3.05) is 18.4 Å². The minimum atomic E-state index is 0.440. The first-order valence-corrected chi connectivity index (χ1v) is 14.1. The van der Waals surface area contributed by atoms with E-state index >= 15 is 0 Å². The van der Waals surface area contributed by atoms with Gasteiger partial charge in [0.05, 0.1) is 16.4 Å². The maximum atomic E-state index is 6.50. The molecule has 1 N–H and O–H groups in total. The van der Waals surface area contributed by atoms with Crippen molar-refractivity contribution in [3.05, 3.63) is 46.0 Å². The number of aromatic nitrogens is 3. The van der Waals surface area contributed by atoms with Crippen LogP contribution in [0.4, 0.5) is 5.82 Å². The van der Waals surface area contributed by atoms with Crippen LogP contribution in [-0.4, -0.2) is 44.7 Å². The molecule has 0 bridgehead atoms. The van der Waals surface area contributed by atoms with E-state index in [4.69, 9.17) is 16.6 Å². The summed E-state index contributed by atoms with van der Waals surface area (Å²) in [6.45, 7) is 2.38. The van der Waals surface area contributed by atoms with Crippen LogP contribution >= 0.6 is 27.5 Å². The molecule has 34 heavy (non-hydrogen) atoms. The summed E-state index contributed by atoms with van der Waals surface area (Å²) in [7, 11) is 0. The first-order valence-electron chi connectivity index (χ1n) is 13.0. The highest BCUT2D eigenvalue weighted by molar-refractivity contribution is 9.10. The number of hydrogen-bond acceptors (Lipinski definition) is 4. The van der Waals surface area contributed by atoms with Crippen LogP contribution in [0.1, 0.15) is 57.8 Å². The Kier molecular flexibility index (Phi) is 6.57. The summed E-state index contributed by atoms with van der Waals surface area (Å²) in [4.78, 5) is 7.64. The van der Waals surface area contributed by atoms with Crippen LogP contribution < -0.4 is 5.32 Å². The number of nitrogens with one attached hydrogen (secondary N) is 1. The van der Waals surface area contributed by atoms with E-state index in [2.05, 4.69) is 37.3 Å². The van der Waals surface area contributed by atoms with Gasteiger partial charge in [-0.25, -0.2) is 4.98 Å². The number of fused-ring (bicyclic) bond motifs is 2. The number of anilines is 1. The number of likely N-dealkylation sites (tertiary alicyclic amines) is 1. The molecule has 1 aromatic carbocycles. The summed E-state index contributed by atoms with van der Waals surface area (Å²) in [5.74, 6) is 3.00. The quantitative estimate of drug-likeness (QED) is 0.384. The molecule has 7 heteroatoms. The average Bonchev–Trinajstić information content (AvgIpc) is 3.25. The summed E-state index contributed by atoms with van der Waals surface area (Å²) in [6.07, 6.45) is 14.3. The van der Waals surface area contributed by atoms with Crippen molar-refractivity contribution in [2.24, 2.45) is 11.8 Å². The molecule has 2 saturated carbocycles. The van der Waals surface area contributed by atoms with Crippen molar-refractivity contribution in [3.8, 4) is 11.3 Å². The lowest BCUT2D eigenvalue weighted by Gasteiger charge is -2.45. The van der Waals surface area contributed by atoms with Crippen molar-refractivity contribution in [1.82, 2.24) is 19.5 Å². The van der Waals surface area contributed by atoms with Crippen molar-refractivity contribution >= 4 is 39.0 Å². The maximum Gasteiger partial charge on any atom is 0.172 e. The number of piperidine rings is 1. The normalized spacial score (nSPS) is 26.5. The van der Waals surface area contributed by atoms with Crippen molar-refractivity contribution in [3.63, 3.8) is 0 Å². The lowest BCUT2D eigenvalue weighted by atomic mass is 9.69. The predicted octanol–water partition coefficient (Wildman–Crippen LogP) is 7.05. The maximum absolute atomic E-state index is 6.50. The fourth-order valence-electron chi connectivity index (χ4n) is 6.64. The Labute approximate surface area is 215 Å². The highest BCUT2D eigenvalue weighted by Crippen LogP contribution is 2.42. The van der Waals surface area contributed by atoms with Crippen LogP contribution in [0.3, 0.4) is 0 Å². The van der Waals surface area contributed by atoms with E-state index in [9.17, 15) is 0 Å². The molecule has 180 valence electrons. The number of nitrogens with zero attached hydrogens (tertiary/aromatic N) is 4. The zero-order chi connectivity index (χ0) is 23.1. The van der Waals surface area contributed by atoms with E-state index in [1.54, 1.807) is 0 Å². The van der Waals surface area contributed by atoms with E-state index in [0.29, 0.717) is 11.1 Å². The molecule has 6 rings (SSSR count). The SMILES string of the molecule is Clc1ccccc1-c1cc(NC2CCN(C3CCC4CCCCC4C3)CC2)n2ncc(Br)c2n1. The van der Waals surface area contributed by atoms with Gasteiger partial charge in [-0.2, -0.15) is 9.61 Å². The zero-order valence-corrected chi connectivity index (χ0v) is 21.9. The lowest BCUT2D eigenvalue weighted by Crippen LogP contribution is -2.47. The molecule has 2 aromatic heterocycles. The highest BCUT2D eigenvalue weighted by atomic mass is 79.9. The number of halogens is 2.